The van der Waals surface area contributed by atoms with Crippen LogP contribution in [0.25, 0.3) is 0 Å². The number of nitrogens with two attached hydrogens (primary N) is 1. The van der Waals surface area contributed by atoms with Crippen LogP contribution in [0.3, 0.4) is 0 Å². The van der Waals surface area contributed by atoms with Crippen LogP contribution >= 0.6 is 0 Å². The van der Waals surface area contributed by atoms with Gasteiger partial charge in [-0.1, -0.05) is 0 Å². The Balaban J connectivity index is 2.98. The van der Waals surface area contributed by atoms with Crippen LogP contribution < -0.4 is 5.73 Å². The lowest BCUT2D eigenvalue weighted by molar-refractivity contribution is 0.0995. The highest BCUT2D eigenvalue weighted by molar-refractivity contribution is 5.90. The molecule has 13 heavy (non-hydrogen) atoms. The number of primary amides is 1. The van der Waals surface area contributed by atoms with Crippen molar-refractivity contribution in [3.05, 3.63) is 18.2 Å². The first kappa shape index (κ1) is 9.73. The van der Waals surface area contributed by atoms with E-state index in [1.54, 1.807) is 4.57 Å². The van der Waals surface area contributed by atoms with Crippen molar-refractivity contribution in [1.82, 2.24) is 9.55 Å². The Labute approximate surface area is 76.2 Å². The predicted molar refractivity (Wildman–Crippen MR) is 47.2 cm³/mol. The highest BCUT2D eigenvalue weighted by atomic mass is 16.3. The standard InChI is InChI=1S/C8H13N3O2/c1-8(2,4-12)11-3-6(7(9)13)10-5-11/h3,5,12H,4H2,1-2H3,(H2,9,13). The van der Waals surface area contributed by atoms with Crippen molar-refractivity contribution >= 4 is 5.91 Å². The summed E-state index contributed by atoms with van der Waals surface area (Å²) in [5.74, 6) is -0.563. The molecule has 0 aliphatic carbocycles. The summed E-state index contributed by atoms with van der Waals surface area (Å²) in [4.78, 5) is 14.5. The van der Waals surface area contributed by atoms with E-state index < -0.39 is 11.4 Å². The summed E-state index contributed by atoms with van der Waals surface area (Å²) >= 11 is 0. The Morgan fingerprint density at radius 3 is 2.77 bits per heavy atom. The first-order valence-corrected chi connectivity index (χ1v) is 3.92. The molecule has 1 heterocycles. The third kappa shape index (κ3) is 1.86. The molecule has 0 saturated carbocycles. The highest BCUT2D eigenvalue weighted by Crippen LogP contribution is 2.13. The summed E-state index contributed by atoms with van der Waals surface area (Å²) in [5.41, 5.74) is 4.79. The molecule has 72 valence electrons. The van der Waals surface area contributed by atoms with Gasteiger partial charge in [-0.05, 0) is 13.8 Å². The molecule has 0 saturated heterocycles. The summed E-state index contributed by atoms with van der Waals surface area (Å²) in [6, 6.07) is 0. The smallest absolute Gasteiger partial charge is 0.268 e. The third-order valence-corrected chi connectivity index (χ3v) is 1.92. The van der Waals surface area contributed by atoms with Crippen molar-refractivity contribution in [3.63, 3.8) is 0 Å². The number of aliphatic hydroxyl groups excluding tert-OH is 1. The normalized spacial score (nSPS) is 11.6. The summed E-state index contributed by atoms with van der Waals surface area (Å²) in [6.07, 6.45) is 3.01. The van der Waals surface area contributed by atoms with Gasteiger partial charge in [0.25, 0.3) is 5.91 Å². The SMILES string of the molecule is CC(C)(CO)n1cnc(C(N)=O)c1. The lowest BCUT2D eigenvalue weighted by Gasteiger charge is -2.23. The average Bonchev–Trinajstić information content (AvgIpc) is 2.52. The molecule has 0 spiro atoms. The second kappa shape index (κ2) is 3.18. The number of hydrogen-bond acceptors (Lipinski definition) is 3. The van der Waals surface area contributed by atoms with Gasteiger partial charge in [-0.25, -0.2) is 4.98 Å². The molecule has 0 radical (unpaired) electrons. The van der Waals surface area contributed by atoms with Gasteiger partial charge in [0.05, 0.1) is 18.5 Å². The van der Waals surface area contributed by atoms with Gasteiger partial charge in [0.15, 0.2) is 0 Å². The van der Waals surface area contributed by atoms with E-state index in [1.807, 2.05) is 13.8 Å². The zero-order valence-electron chi connectivity index (χ0n) is 7.69. The van der Waals surface area contributed by atoms with Gasteiger partial charge in [-0.3, -0.25) is 4.79 Å². The zero-order chi connectivity index (χ0) is 10.1. The molecule has 1 aromatic rings. The molecule has 0 fully saturated rings. The topological polar surface area (TPSA) is 81.1 Å². The minimum absolute atomic E-state index is 0.0262. The largest absolute Gasteiger partial charge is 0.394 e. The van der Waals surface area contributed by atoms with Gasteiger partial charge in [0.2, 0.25) is 0 Å². The molecule has 5 heteroatoms. The van der Waals surface area contributed by atoms with E-state index in [-0.39, 0.29) is 12.3 Å². The average molecular weight is 183 g/mol. The quantitative estimate of drug-likeness (QED) is 0.675. The van der Waals surface area contributed by atoms with E-state index in [9.17, 15) is 4.79 Å². The number of nitrogens with zero attached hydrogens (tertiary/aromatic N) is 2. The maximum absolute atomic E-state index is 10.7. The fourth-order valence-corrected chi connectivity index (χ4v) is 0.863. The lowest BCUT2D eigenvalue weighted by Crippen LogP contribution is -2.29. The summed E-state index contributed by atoms with van der Waals surface area (Å²) in [5, 5.41) is 9.03. The number of hydrogen-bond donors (Lipinski definition) is 2. The minimum Gasteiger partial charge on any atom is -0.394 e. The summed E-state index contributed by atoms with van der Waals surface area (Å²) in [6.45, 7) is 3.64. The van der Waals surface area contributed by atoms with Crippen LogP contribution in [0.15, 0.2) is 12.5 Å². The van der Waals surface area contributed by atoms with Gasteiger partial charge in [-0.2, -0.15) is 0 Å². The molecule has 0 aliphatic rings. The van der Waals surface area contributed by atoms with Gasteiger partial charge in [0.1, 0.15) is 5.69 Å². The second-order valence-electron chi connectivity index (χ2n) is 3.50. The number of carbonyl (C=O) groups is 1. The van der Waals surface area contributed by atoms with Crippen molar-refractivity contribution in [2.45, 2.75) is 19.4 Å². The Bertz CT molecular complexity index is 317. The molecule has 0 unspecified atom stereocenters. The number of rotatable bonds is 3. The van der Waals surface area contributed by atoms with Crippen LogP contribution in [0.2, 0.25) is 0 Å². The van der Waals surface area contributed by atoms with Crippen LogP contribution in [-0.2, 0) is 5.54 Å². The monoisotopic (exact) mass is 183 g/mol. The Hall–Kier alpha value is -1.36. The van der Waals surface area contributed by atoms with Gasteiger partial charge in [0, 0.05) is 6.20 Å². The van der Waals surface area contributed by atoms with Crippen molar-refractivity contribution in [2.24, 2.45) is 5.73 Å². The summed E-state index contributed by atoms with van der Waals surface area (Å²) in [7, 11) is 0. The van der Waals surface area contributed by atoms with Crippen molar-refractivity contribution in [3.8, 4) is 0 Å². The van der Waals surface area contributed by atoms with E-state index in [2.05, 4.69) is 4.98 Å². The molecular formula is C8H13N3O2. The first-order chi connectivity index (χ1) is 5.97. The number of aromatic nitrogens is 2. The fraction of sp³-hybridized carbons (Fsp3) is 0.500. The molecule has 1 amide bonds. The van der Waals surface area contributed by atoms with Crippen LogP contribution in [0.1, 0.15) is 24.3 Å². The van der Waals surface area contributed by atoms with Crippen LogP contribution in [-0.4, -0.2) is 27.2 Å². The molecule has 0 bridgehead atoms. The molecule has 5 nitrogen and oxygen atoms in total. The summed E-state index contributed by atoms with van der Waals surface area (Å²) < 4.78 is 1.66. The van der Waals surface area contributed by atoms with Crippen molar-refractivity contribution < 1.29 is 9.90 Å². The zero-order valence-corrected chi connectivity index (χ0v) is 7.69. The van der Waals surface area contributed by atoms with E-state index >= 15 is 0 Å². The van der Waals surface area contributed by atoms with E-state index in [0.717, 1.165) is 0 Å². The molecular weight excluding hydrogens is 170 g/mol. The lowest BCUT2D eigenvalue weighted by atomic mass is 10.1. The van der Waals surface area contributed by atoms with E-state index in [4.69, 9.17) is 10.8 Å². The first-order valence-electron chi connectivity index (χ1n) is 3.92. The Kier molecular flexibility index (Phi) is 2.38. The number of aliphatic hydroxyl groups is 1. The molecule has 3 N–H and O–H groups in total. The molecule has 0 atom stereocenters. The number of imidazole rings is 1. The Morgan fingerprint density at radius 2 is 2.38 bits per heavy atom. The van der Waals surface area contributed by atoms with Crippen molar-refractivity contribution in [2.75, 3.05) is 6.61 Å². The maximum Gasteiger partial charge on any atom is 0.268 e. The predicted octanol–water partition coefficient (Wildman–Crippen LogP) is -0.291. The number of amides is 1. The van der Waals surface area contributed by atoms with E-state index in [1.165, 1.54) is 12.5 Å². The van der Waals surface area contributed by atoms with Gasteiger partial charge in [-0.15, -0.1) is 0 Å². The van der Waals surface area contributed by atoms with Gasteiger partial charge < -0.3 is 15.4 Å². The molecule has 0 aliphatic heterocycles. The van der Waals surface area contributed by atoms with Crippen molar-refractivity contribution in [1.29, 1.82) is 0 Å². The van der Waals surface area contributed by atoms with Gasteiger partial charge >= 0.3 is 0 Å². The molecule has 0 aromatic carbocycles. The number of carbonyl (C=O) groups excluding carboxylic acids is 1. The van der Waals surface area contributed by atoms with Crippen LogP contribution in [0.5, 0.6) is 0 Å². The molecule has 1 aromatic heterocycles. The maximum atomic E-state index is 10.7. The molecule has 1 rings (SSSR count). The van der Waals surface area contributed by atoms with Crippen LogP contribution in [0, 0.1) is 0 Å². The minimum atomic E-state index is -0.563. The van der Waals surface area contributed by atoms with E-state index in [0.29, 0.717) is 0 Å². The Morgan fingerprint density at radius 1 is 1.77 bits per heavy atom. The fourth-order valence-electron chi connectivity index (χ4n) is 0.863. The van der Waals surface area contributed by atoms with Crippen LogP contribution in [0.4, 0.5) is 0 Å². The third-order valence-electron chi connectivity index (χ3n) is 1.92. The second-order valence-corrected chi connectivity index (χ2v) is 3.50. The highest BCUT2D eigenvalue weighted by Gasteiger charge is 2.19.